The highest BCUT2D eigenvalue weighted by Gasteiger charge is 2.20. The quantitative estimate of drug-likeness (QED) is 0.711. The molecular formula is C18H18N8. The molecule has 130 valence electrons. The lowest BCUT2D eigenvalue weighted by atomic mass is 10.2. The van der Waals surface area contributed by atoms with Crippen molar-refractivity contribution in [2.45, 2.75) is 6.92 Å². The minimum absolute atomic E-state index is 0.472. The molecule has 1 saturated heterocycles. The molecule has 0 saturated carbocycles. The molecule has 4 heterocycles. The molecule has 1 aliphatic heterocycles. The van der Waals surface area contributed by atoms with Crippen molar-refractivity contribution in [3.63, 3.8) is 0 Å². The molecule has 3 aromatic heterocycles. The van der Waals surface area contributed by atoms with Gasteiger partial charge in [0, 0.05) is 38.6 Å². The fourth-order valence-electron chi connectivity index (χ4n) is 3.07. The Hall–Kier alpha value is -3.47. The number of hydrogen-bond acceptors (Lipinski definition) is 7. The molecule has 1 fully saturated rings. The molecule has 0 atom stereocenters. The van der Waals surface area contributed by atoms with Crippen LogP contribution in [0.1, 0.15) is 11.4 Å². The van der Waals surface area contributed by atoms with Gasteiger partial charge in [-0.25, -0.2) is 9.67 Å². The highest BCUT2D eigenvalue weighted by molar-refractivity contribution is 5.57. The molecule has 0 N–H and O–H groups in total. The molecule has 0 spiro atoms. The molecule has 1 aliphatic rings. The Morgan fingerprint density at radius 3 is 2.35 bits per heavy atom. The van der Waals surface area contributed by atoms with E-state index in [0.717, 1.165) is 43.4 Å². The highest BCUT2D eigenvalue weighted by Crippen LogP contribution is 2.21. The van der Waals surface area contributed by atoms with Crippen LogP contribution in [0.15, 0.2) is 42.7 Å². The largest absolute Gasteiger partial charge is 0.366 e. The van der Waals surface area contributed by atoms with Gasteiger partial charge >= 0.3 is 0 Å². The summed E-state index contributed by atoms with van der Waals surface area (Å²) in [7, 11) is 0. The van der Waals surface area contributed by atoms with Crippen LogP contribution in [-0.2, 0) is 0 Å². The molecule has 0 bridgehead atoms. The van der Waals surface area contributed by atoms with Crippen LogP contribution in [0.3, 0.4) is 0 Å². The molecule has 0 amide bonds. The van der Waals surface area contributed by atoms with Crippen molar-refractivity contribution in [3.05, 3.63) is 54.1 Å². The van der Waals surface area contributed by atoms with Crippen molar-refractivity contribution in [1.82, 2.24) is 25.0 Å². The summed E-state index contributed by atoms with van der Waals surface area (Å²) < 4.78 is 1.72. The van der Waals surface area contributed by atoms with Gasteiger partial charge in [-0.2, -0.15) is 10.4 Å². The summed E-state index contributed by atoms with van der Waals surface area (Å²) in [5.74, 6) is 1.55. The van der Waals surface area contributed by atoms with E-state index in [-0.39, 0.29) is 0 Å². The van der Waals surface area contributed by atoms with E-state index in [0.29, 0.717) is 11.5 Å². The molecule has 0 unspecified atom stereocenters. The van der Waals surface area contributed by atoms with Crippen molar-refractivity contribution < 1.29 is 0 Å². The monoisotopic (exact) mass is 346 g/mol. The number of nitrogens with zero attached hydrogens (tertiary/aromatic N) is 8. The zero-order chi connectivity index (χ0) is 17.9. The molecular weight excluding hydrogens is 328 g/mol. The van der Waals surface area contributed by atoms with Crippen LogP contribution in [0.25, 0.3) is 5.82 Å². The van der Waals surface area contributed by atoms with Crippen LogP contribution in [0.5, 0.6) is 0 Å². The Bertz CT molecular complexity index is 932. The summed E-state index contributed by atoms with van der Waals surface area (Å²) >= 11 is 0. The second-order valence-electron chi connectivity index (χ2n) is 6.11. The van der Waals surface area contributed by atoms with Gasteiger partial charge in [0.15, 0.2) is 17.3 Å². The first kappa shape index (κ1) is 16.0. The first-order chi connectivity index (χ1) is 12.7. The fraction of sp³-hybridized carbons (Fsp3) is 0.278. The number of anilines is 2. The van der Waals surface area contributed by atoms with Crippen molar-refractivity contribution in [2.75, 3.05) is 36.0 Å². The van der Waals surface area contributed by atoms with Gasteiger partial charge in [-0.1, -0.05) is 0 Å². The summed E-state index contributed by atoms with van der Waals surface area (Å²) in [5, 5.41) is 22.2. The van der Waals surface area contributed by atoms with E-state index in [2.05, 4.69) is 36.1 Å². The third kappa shape index (κ3) is 3.07. The minimum Gasteiger partial charge on any atom is -0.366 e. The van der Waals surface area contributed by atoms with E-state index in [1.165, 1.54) is 0 Å². The van der Waals surface area contributed by atoms with E-state index in [9.17, 15) is 5.26 Å². The van der Waals surface area contributed by atoms with Gasteiger partial charge in [-0.3, -0.25) is 0 Å². The first-order valence-electron chi connectivity index (χ1n) is 8.46. The Morgan fingerprint density at radius 1 is 0.962 bits per heavy atom. The zero-order valence-electron chi connectivity index (χ0n) is 14.4. The molecule has 3 aromatic rings. The Labute approximate surface area is 151 Å². The topological polar surface area (TPSA) is 86.8 Å². The van der Waals surface area contributed by atoms with Gasteiger partial charge in [-0.15, -0.1) is 10.2 Å². The van der Waals surface area contributed by atoms with E-state index in [4.69, 9.17) is 0 Å². The smallest absolute Gasteiger partial charge is 0.175 e. The number of rotatable bonds is 3. The molecule has 0 aromatic carbocycles. The summed E-state index contributed by atoms with van der Waals surface area (Å²) in [6.45, 7) is 5.19. The lowest BCUT2D eigenvalue weighted by molar-refractivity contribution is 0.641. The molecule has 0 aliphatic carbocycles. The predicted molar refractivity (Wildman–Crippen MR) is 97.3 cm³/mol. The maximum atomic E-state index is 9.23. The van der Waals surface area contributed by atoms with E-state index in [1.54, 1.807) is 10.9 Å². The summed E-state index contributed by atoms with van der Waals surface area (Å²) in [5.41, 5.74) is 2.31. The maximum absolute atomic E-state index is 9.23. The lowest BCUT2D eigenvalue weighted by Crippen LogP contribution is -2.47. The van der Waals surface area contributed by atoms with Crippen molar-refractivity contribution in [2.24, 2.45) is 0 Å². The van der Waals surface area contributed by atoms with Gasteiger partial charge in [0.25, 0.3) is 0 Å². The van der Waals surface area contributed by atoms with Crippen LogP contribution in [0.4, 0.5) is 11.5 Å². The summed E-state index contributed by atoms with van der Waals surface area (Å²) in [4.78, 5) is 8.53. The van der Waals surface area contributed by atoms with Gasteiger partial charge in [0.1, 0.15) is 6.07 Å². The van der Waals surface area contributed by atoms with Gasteiger partial charge in [-0.05, 0) is 37.3 Å². The zero-order valence-corrected chi connectivity index (χ0v) is 14.4. The van der Waals surface area contributed by atoms with Gasteiger partial charge in [0.05, 0.1) is 11.4 Å². The van der Waals surface area contributed by atoms with Crippen LogP contribution in [0.2, 0.25) is 0 Å². The highest BCUT2D eigenvalue weighted by atomic mass is 15.4. The number of hydrogen-bond donors (Lipinski definition) is 0. The number of nitriles is 1. The minimum atomic E-state index is 0.472. The fourth-order valence-corrected chi connectivity index (χ4v) is 3.07. The number of aromatic nitrogens is 5. The SMILES string of the molecule is Cc1ccn(-c2ccc(N3CCN(c4cccnc4C#N)CC3)nn2)n1. The third-order valence-electron chi connectivity index (χ3n) is 4.43. The molecule has 26 heavy (non-hydrogen) atoms. The molecule has 0 radical (unpaired) electrons. The first-order valence-corrected chi connectivity index (χ1v) is 8.46. The summed E-state index contributed by atoms with van der Waals surface area (Å²) in [6, 6.07) is 11.8. The van der Waals surface area contributed by atoms with Crippen LogP contribution in [0, 0.1) is 18.3 Å². The average molecular weight is 346 g/mol. The standard InChI is InChI=1S/C18H18N8/c1-14-6-8-26(23-14)18-5-4-17(21-22-18)25-11-9-24(10-12-25)16-3-2-7-20-15(16)13-19/h2-8H,9-12H2,1H3. The third-order valence-corrected chi connectivity index (χ3v) is 4.43. The second-order valence-corrected chi connectivity index (χ2v) is 6.11. The van der Waals surface area contributed by atoms with E-state index >= 15 is 0 Å². The Morgan fingerprint density at radius 2 is 1.69 bits per heavy atom. The predicted octanol–water partition coefficient (Wildman–Crippen LogP) is 1.56. The van der Waals surface area contributed by atoms with Crippen LogP contribution in [-0.4, -0.2) is 51.1 Å². The molecule has 8 heteroatoms. The molecule has 4 rings (SSSR count). The van der Waals surface area contributed by atoms with Crippen molar-refractivity contribution in [1.29, 1.82) is 5.26 Å². The Kier molecular flexibility index (Phi) is 4.19. The van der Waals surface area contributed by atoms with Crippen LogP contribution < -0.4 is 9.80 Å². The lowest BCUT2D eigenvalue weighted by Gasteiger charge is -2.36. The number of aryl methyl sites for hydroxylation is 1. The van der Waals surface area contributed by atoms with Crippen molar-refractivity contribution in [3.8, 4) is 11.9 Å². The second kappa shape index (κ2) is 6.80. The number of pyridine rings is 1. The maximum Gasteiger partial charge on any atom is 0.175 e. The van der Waals surface area contributed by atoms with Gasteiger partial charge < -0.3 is 9.80 Å². The molecule has 8 nitrogen and oxygen atoms in total. The van der Waals surface area contributed by atoms with Crippen molar-refractivity contribution >= 4 is 11.5 Å². The Balaban J connectivity index is 1.44. The summed E-state index contributed by atoms with van der Waals surface area (Å²) in [6.07, 6.45) is 3.52. The van der Waals surface area contributed by atoms with Gasteiger partial charge in [0.2, 0.25) is 0 Å². The van der Waals surface area contributed by atoms with Crippen LogP contribution >= 0.6 is 0 Å². The van der Waals surface area contributed by atoms with E-state index in [1.807, 2.05) is 43.5 Å². The van der Waals surface area contributed by atoms with E-state index < -0.39 is 0 Å². The number of piperazine rings is 1. The average Bonchev–Trinajstić information content (AvgIpc) is 3.14. The normalized spacial score (nSPS) is 14.3.